The van der Waals surface area contributed by atoms with Crippen molar-refractivity contribution in [1.29, 1.82) is 0 Å². The van der Waals surface area contributed by atoms with E-state index in [1.165, 1.54) is 5.56 Å². The fraction of sp³-hybridized carbons (Fsp3) is 0.409. The molecule has 2 aromatic carbocycles. The van der Waals surface area contributed by atoms with Crippen LogP contribution in [0.3, 0.4) is 0 Å². The Morgan fingerprint density at radius 3 is 2.30 bits per heavy atom. The van der Waals surface area contributed by atoms with Crippen LogP contribution in [-0.4, -0.2) is 44.2 Å². The second-order valence-electron chi connectivity index (χ2n) is 7.30. The van der Waals surface area contributed by atoms with Crippen LogP contribution >= 0.6 is 0 Å². The Bertz CT molecular complexity index is 779. The zero-order valence-corrected chi connectivity index (χ0v) is 16.7. The SMILES string of the molecule is COc1ccc(N2CCN(C(=O)Nc3c(C)cccc3C(C)C)CC2)cc1. The van der Waals surface area contributed by atoms with Gasteiger partial charge >= 0.3 is 6.03 Å². The molecular weight excluding hydrogens is 338 g/mol. The van der Waals surface area contributed by atoms with Crippen LogP contribution in [0.15, 0.2) is 42.5 Å². The van der Waals surface area contributed by atoms with E-state index in [0.717, 1.165) is 35.8 Å². The van der Waals surface area contributed by atoms with Gasteiger partial charge in [0.05, 0.1) is 7.11 Å². The van der Waals surface area contributed by atoms with Crippen LogP contribution in [0.5, 0.6) is 5.75 Å². The smallest absolute Gasteiger partial charge is 0.321 e. The van der Waals surface area contributed by atoms with Gasteiger partial charge in [0.25, 0.3) is 0 Å². The number of carbonyl (C=O) groups excluding carboxylic acids is 1. The van der Waals surface area contributed by atoms with Crippen molar-refractivity contribution < 1.29 is 9.53 Å². The highest BCUT2D eigenvalue weighted by Gasteiger charge is 2.22. The number of amides is 2. The molecule has 5 heteroatoms. The highest BCUT2D eigenvalue weighted by atomic mass is 16.5. The van der Waals surface area contributed by atoms with E-state index < -0.39 is 0 Å². The number of urea groups is 1. The Hall–Kier alpha value is -2.69. The van der Waals surface area contributed by atoms with Crippen LogP contribution < -0.4 is 15.0 Å². The molecule has 1 aliphatic heterocycles. The van der Waals surface area contributed by atoms with E-state index in [1.54, 1.807) is 7.11 Å². The lowest BCUT2D eigenvalue weighted by Gasteiger charge is -2.36. The van der Waals surface area contributed by atoms with Gasteiger partial charge in [-0.25, -0.2) is 4.79 Å². The fourth-order valence-corrected chi connectivity index (χ4v) is 3.49. The molecule has 1 N–H and O–H groups in total. The standard InChI is InChI=1S/C22H29N3O2/c1-16(2)20-7-5-6-17(3)21(20)23-22(26)25-14-12-24(13-15-25)18-8-10-19(27-4)11-9-18/h5-11,16H,12-15H2,1-4H3,(H,23,26). The minimum atomic E-state index is -0.0134. The molecule has 1 saturated heterocycles. The van der Waals surface area contributed by atoms with E-state index in [9.17, 15) is 4.79 Å². The molecule has 0 radical (unpaired) electrons. The lowest BCUT2D eigenvalue weighted by Crippen LogP contribution is -2.50. The molecular formula is C22H29N3O2. The summed E-state index contributed by atoms with van der Waals surface area (Å²) >= 11 is 0. The van der Waals surface area contributed by atoms with Crippen molar-refractivity contribution in [2.75, 3.05) is 43.5 Å². The van der Waals surface area contributed by atoms with Crippen molar-refractivity contribution in [3.8, 4) is 5.75 Å². The van der Waals surface area contributed by atoms with Crippen LogP contribution in [0, 0.1) is 6.92 Å². The van der Waals surface area contributed by atoms with Crippen LogP contribution in [0.2, 0.25) is 0 Å². The quantitative estimate of drug-likeness (QED) is 0.866. The number of piperazine rings is 1. The summed E-state index contributed by atoms with van der Waals surface area (Å²) in [7, 11) is 1.67. The van der Waals surface area contributed by atoms with Gasteiger partial charge in [0, 0.05) is 37.6 Å². The average Bonchev–Trinajstić information content (AvgIpc) is 2.69. The number of benzene rings is 2. The summed E-state index contributed by atoms with van der Waals surface area (Å²) in [6, 6.07) is 14.3. The van der Waals surface area contributed by atoms with E-state index >= 15 is 0 Å². The summed E-state index contributed by atoms with van der Waals surface area (Å²) < 4.78 is 5.22. The Morgan fingerprint density at radius 2 is 1.70 bits per heavy atom. The van der Waals surface area contributed by atoms with Gasteiger partial charge in [0.2, 0.25) is 0 Å². The second kappa shape index (κ2) is 8.33. The third-order valence-corrected chi connectivity index (χ3v) is 5.16. The minimum Gasteiger partial charge on any atom is -0.497 e. The molecule has 0 spiro atoms. The zero-order chi connectivity index (χ0) is 19.4. The fourth-order valence-electron chi connectivity index (χ4n) is 3.49. The van der Waals surface area contributed by atoms with E-state index in [0.29, 0.717) is 19.0 Å². The van der Waals surface area contributed by atoms with Crippen LogP contribution in [0.25, 0.3) is 0 Å². The van der Waals surface area contributed by atoms with Crippen molar-refractivity contribution in [3.05, 3.63) is 53.6 Å². The van der Waals surface area contributed by atoms with E-state index in [-0.39, 0.29) is 6.03 Å². The third kappa shape index (κ3) is 4.35. The molecule has 1 aliphatic rings. The van der Waals surface area contributed by atoms with E-state index in [2.05, 4.69) is 42.3 Å². The van der Waals surface area contributed by atoms with E-state index in [4.69, 9.17) is 4.74 Å². The predicted molar refractivity (Wildman–Crippen MR) is 111 cm³/mol. The Balaban J connectivity index is 1.62. The number of nitrogens with zero attached hydrogens (tertiary/aromatic N) is 2. The van der Waals surface area contributed by atoms with Gasteiger partial charge in [-0.15, -0.1) is 0 Å². The number of methoxy groups -OCH3 is 1. The largest absolute Gasteiger partial charge is 0.497 e. The molecule has 0 unspecified atom stereocenters. The normalized spacial score (nSPS) is 14.4. The van der Waals surface area contributed by atoms with Crippen LogP contribution in [0.4, 0.5) is 16.2 Å². The lowest BCUT2D eigenvalue weighted by atomic mass is 9.98. The first kappa shape index (κ1) is 19.1. The first-order chi connectivity index (χ1) is 13.0. The van der Waals surface area contributed by atoms with Gasteiger partial charge < -0.3 is 19.9 Å². The molecule has 0 atom stereocenters. The Kier molecular flexibility index (Phi) is 5.89. The van der Waals surface area contributed by atoms with Crippen molar-refractivity contribution in [2.24, 2.45) is 0 Å². The van der Waals surface area contributed by atoms with E-state index in [1.807, 2.05) is 36.1 Å². The molecule has 144 valence electrons. The average molecular weight is 367 g/mol. The highest BCUT2D eigenvalue weighted by molar-refractivity contribution is 5.91. The van der Waals surface area contributed by atoms with Gasteiger partial charge in [-0.1, -0.05) is 32.0 Å². The third-order valence-electron chi connectivity index (χ3n) is 5.16. The summed E-state index contributed by atoms with van der Waals surface area (Å²) in [6.45, 7) is 9.41. The molecule has 0 aliphatic carbocycles. The summed E-state index contributed by atoms with van der Waals surface area (Å²) in [4.78, 5) is 17.0. The summed E-state index contributed by atoms with van der Waals surface area (Å²) in [5.41, 5.74) is 4.40. The number of anilines is 2. The molecule has 0 bridgehead atoms. The van der Waals surface area contributed by atoms with Crippen molar-refractivity contribution >= 4 is 17.4 Å². The number of ether oxygens (including phenoxy) is 1. The number of aryl methyl sites for hydroxylation is 1. The van der Waals surface area contributed by atoms with Gasteiger partial charge in [0.15, 0.2) is 0 Å². The minimum absolute atomic E-state index is 0.0134. The molecule has 27 heavy (non-hydrogen) atoms. The summed E-state index contributed by atoms with van der Waals surface area (Å²) in [5.74, 6) is 1.23. The Morgan fingerprint density at radius 1 is 1.04 bits per heavy atom. The van der Waals surface area contributed by atoms with Crippen molar-refractivity contribution in [2.45, 2.75) is 26.7 Å². The zero-order valence-electron chi connectivity index (χ0n) is 16.7. The molecule has 5 nitrogen and oxygen atoms in total. The van der Waals surface area contributed by atoms with Crippen LogP contribution in [0.1, 0.15) is 30.9 Å². The molecule has 1 fully saturated rings. The van der Waals surface area contributed by atoms with Gasteiger partial charge in [-0.2, -0.15) is 0 Å². The number of carbonyl (C=O) groups is 1. The lowest BCUT2D eigenvalue weighted by molar-refractivity contribution is 0.208. The molecule has 3 rings (SSSR count). The molecule has 2 aromatic rings. The van der Waals surface area contributed by atoms with Crippen molar-refractivity contribution in [1.82, 2.24) is 4.90 Å². The topological polar surface area (TPSA) is 44.8 Å². The number of hydrogen-bond acceptors (Lipinski definition) is 3. The summed E-state index contributed by atoms with van der Waals surface area (Å²) in [5, 5.41) is 3.15. The number of rotatable bonds is 4. The number of hydrogen-bond donors (Lipinski definition) is 1. The van der Waals surface area contributed by atoms with Crippen LogP contribution in [-0.2, 0) is 0 Å². The van der Waals surface area contributed by atoms with Gasteiger partial charge in [-0.05, 0) is 48.2 Å². The Labute approximate surface area is 161 Å². The second-order valence-corrected chi connectivity index (χ2v) is 7.30. The maximum Gasteiger partial charge on any atom is 0.321 e. The molecule has 0 aromatic heterocycles. The summed E-state index contributed by atoms with van der Waals surface area (Å²) in [6.07, 6.45) is 0. The number of para-hydroxylation sites is 1. The monoisotopic (exact) mass is 367 g/mol. The predicted octanol–water partition coefficient (Wildman–Crippen LogP) is 4.48. The molecule has 0 saturated carbocycles. The van der Waals surface area contributed by atoms with Gasteiger partial charge in [0.1, 0.15) is 5.75 Å². The first-order valence-electron chi connectivity index (χ1n) is 9.54. The number of nitrogens with one attached hydrogen (secondary N) is 1. The molecule has 1 heterocycles. The maximum atomic E-state index is 12.8. The van der Waals surface area contributed by atoms with Gasteiger partial charge in [-0.3, -0.25) is 0 Å². The first-order valence-corrected chi connectivity index (χ1v) is 9.54. The maximum absolute atomic E-state index is 12.8. The molecule has 2 amide bonds. The highest BCUT2D eigenvalue weighted by Crippen LogP contribution is 2.28. The van der Waals surface area contributed by atoms with Crippen molar-refractivity contribution in [3.63, 3.8) is 0 Å².